The van der Waals surface area contributed by atoms with Crippen molar-refractivity contribution < 1.29 is 19.1 Å². The molecule has 0 saturated heterocycles. The number of halogens is 1. The second-order valence-electron chi connectivity index (χ2n) is 5.24. The number of carbonyl (C=O) groups excluding carboxylic acids is 1. The van der Waals surface area contributed by atoms with Gasteiger partial charge in [0.15, 0.2) is 4.67 Å². The highest BCUT2D eigenvalue weighted by atomic mass is 79.9. The van der Waals surface area contributed by atoms with Crippen LogP contribution >= 0.6 is 15.9 Å². The van der Waals surface area contributed by atoms with Crippen LogP contribution < -0.4 is 0 Å². The molecule has 1 amide bonds. The van der Waals surface area contributed by atoms with E-state index in [9.17, 15) is 14.7 Å². The average Bonchev–Trinajstić information content (AvgIpc) is 2.83. The zero-order valence-electron chi connectivity index (χ0n) is 11.3. The lowest BCUT2D eigenvalue weighted by Gasteiger charge is -2.30. The first-order valence-electron chi connectivity index (χ1n) is 6.71. The maximum Gasteiger partial charge on any atom is 0.307 e. The van der Waals surface area contributed by atoms with Gasteiger partial charge in [0.05, 0.1) is 18.4 Å². The van der Waals surface area contributed by atoms with Gasteiger partial charge in [0.1, 0.15) is 5.76 Å². The third-order valence-corrected chi connectivity index (χ3v) is 4.22. The monoisotopic (exact) mass is 343 g/mol. The molecule has 2 rings (SSSR count). The Kier molecular flexibility index (Phi) is 4.86. The summed E-state index contributed by atoms with van der Waals surface area (Å²) in [7, 11) is 1.69. The first kappa shape index (κ1) is 15.1. The molecule has 0 aliphatic heterocycles. The molecule has 0 bridgehead atoms. The predicted octanol–water partition coefficient (Wildman–Crippen LogP) is 2.89. The number of carbonyl (C=O) groups is 2. The molecular formula is C14H18BrNO4. The molecule has 20 heavy (non-hydrogen) atoms. The Bertz CT molecular complexity index is 499. The fraction of sp³-hybridized carbons (Fsp3) is 0.571. The van der Waals surface area contributed by atoms with Gasteiger partial charge in [-0.15, -0.1) is 0 Å². The summed E-state index contributed by atoms with van der Waals surface area (Å²) in [4.78, 5) is 25.2. The molecule has 0 radical (unpaired) electrons. The second kappa shape index (κ2) is 6.43. The van der Waals surface area contributed by atoms with E-state index in [-0.39, 0.29) is 5.91 Å². The molecule has 6 heteroatoms. The van der Waals surface area contributed by atoms with E-state index in [1.165, 1.54) is 0 Å². The number of carboxylic acids is 1. The Morgan fingerprint density at radius 2 is 2.00 bits per heavy atom. The Hall–Kier alpha value is -1.30. The minimum atomic E-state index is -0.864. The minimum absolute atomic E-state index is 0.107. The molecule has 0 aromatic carbocycles. The highest BCUT2D eigenvalue weighted by Crippen LogP contribution is 2.32. The molecule has 1 fully saturated rings. The van der Waals surface area contributed by atoms with Crippen LogP contribution in [0.15, 0.2) is 21.2 Å². The maximum absolute atomic E-state index is 12.4. The normalized spacial score (nSPS) is 22.5. The first-order valence-corrected chi connectivity index (χ1v) is 7.50. The number of hydrogen-bond acceptors (Lipinski definition) is 3. The van der Waals surface area contributed by atoms with Gasteiger partial charge >= 0.3 is 5.97 Å². The van der Waals surface area contributed by atoms with Gasteiger partial charge in [-0.2, -0.15) is 0 Å². The molecule has 1 aliphatic carbocycles. The van der Waals surface area contributed by atoms with Crippen molar-refractivity contribution in [3.05, 3.63) is 22.6 Å². The molecule has 1 aliphatic rings. The first-order chi connectivity index (χ1) is 9.49. The van der Waals surface area contributed by atoms with Crippen LogP contribution in [0.25, 0.3) is 0 Å². The zero-order valence-corrected chi connectivity index (χ0v) is 12.9. The van der Waals surface area contributed by atoms with Gasteiger partial charge in [0.25, 0.3) is 0 Å². The lowest BCUT2D eigenvalue weighted by Crippen LogP contribution is -2.40. The van der Waals surface area contributed by atoms with Crippen molar-refractivity contribution in [3.8, 4) is 0 Å². The van der Waals surface area contributed by atoms with Crippen LogP contribution in [0, 0.1) is 11.8 Å². The Morgan fingerprint density at radius 1 is 1.35 bits per heavy atom. The highest BCUT2D eigenvalue weighted by molar-refractivity contribution is 9.10. The lowest BCUT2D eigenvalue weighted by atomic mass is 9.78. The summed E-state index contributed by atoms with van der Waals surface area (Å²) in [6.45, 7) is 0.354. The van der Waals surface area contributed by atoms with E-state index >= 15 is 0 Å². The van der Waals surface area contributed by atoms with Crippen molar-refractivity contribution in [2.45, 2.75) is 32.2 Å². The zero-order chi connectivity index (χ0) is 14.7. The third kappa shape index (κ3) is 3.42. The van der Waals surface area contributed by atoms with Crippen LogP contribution in [-0.2, 0) is 16.1 Å². The van der Waals surface area contributed by atoms with E-state index < -0.39 is 17.8 Å². The van der Waals surface area contributed by atoms with Gasteiger partial charge in [-0.05, 0) is 40.9 Å². The number of amides is 1. The Balaban J connectivity index is 2.02. The Labute approximate surface area is 126 Å². The van der Waals surface area contributed by atoms with Crippen LogP contribution in [0.4, 0.5) is 0 Å². The smallest absolute Gasteiger partial charge is 0.307 e. The van der Waals surface area contributed by atoms with E-state index in [1.54, 1.807) is 24.1 Å². The van der Waals surface area contributed by atoms with Gasteiger partial charge in [-0.1, -0.05) is 12.8 Å². The van der Waals surface area contributed by atoms with Crippen molar-refractivity contribution in [2.24, 2.45) is 11.8 Å². The van der Waals surface area contributed by atoms with Crippen molar-refractivity contribution in [1.82, 2.24) is 4.90 Å². The average molecular weight is 344 g/mol. The lowest BCUT2D eigenvalue weighted by molar-refractivity contribution is -0.152. The van der Waals surface area contributed by atoms with Gasteiger partial charge in [0, 0.05) is 7.05 Å². The summed E-state index contributed by atoms with van der Waals surface area (Å²) in [5.74, 6) is -1.26. The van der Waals surface area contributed by atoms with Crippen LogP contribution in [0.3, 0.4) is 0 Å². The molecule has 0 unspecified atom stereocenters. The van der Waals surface area contributed by atoms with Crippen LogP contribution in [-0.4, -0.2) is 28.9 Å². The van der Waals surface area contributed by atoms with Gasteiger partial charge in [-0.25, -0.2) is 0 Å². The number of furan rings is 1. The van der Waals surface area contributed by atoms with E-state index in [1.807, 2.05) is 0 Å². The van der Waals surface area contributed by atoms with Crippen LogP contribution in [0.5, 0.6) is 0 Å². The number of hydrogen-bond donors (Lipinski definition) is 1. The molecule has 2 atom stereocenters. The van der Waals surface area contributed by atoms with Gasteiger partial charge in [-0.3, -0.25) is 9.59 Å². The number of carboxylic acid groups (broad SMARTS) is 1. The molecule has 1 saturated carbocycles. The van der Waals surface area contributed by atoms with Gasteiger partial charge < -0.3 is 14.4 Å². The fourth-order valence-corrected chi connectivity index (χ4v) is 3.09. The number of nitrogens with zero attached hydrogens (tertiary/aromatic N) is 1. The Morgan fingerprint density at radius 3 is 2.55 bits per heavy atom. The van der Waals surface area contributed by atoms with Gasteiger partial charge in [0.2, 0.25) is 5.91 Å². The second-order valence-corrected chi connectivity index (χ2v) is 6.02. The van der Waals surface area contributed by atoms with E-state index in [0.717, 1.165) is 12.8 Å². The number of rotatable bonds is 4. The van der Waals surface area contributed by atoms with E-state index in [2.05, 4.69) is 15.9 Å². The van der Waals surface area contributed by atoms with Crippen molar-refractivity contribution in [2.75, 3.05) is 7.05 Å². The largest absolute Gasteiger partial charge is 0.481 e. The maximum atomic E-state index is 12.4. The van der Waals surface area contributed by atoms with Crippen LogP contribution in [0.2, 0.25) is 0 Å². The molecule has 1 aromatic heterocycles. The fourth-order valence-electron chi connectivity index (χ4n) is 2.75. The van der Waals surface area contributed by atoms with Crippen molar-refractivity contribution >= 4 is 27.8 Å². The summed E-state index contributed by atoms with van der Waals surface area (Å²) in [5, 5.41) is 9.24. The quantitative estimate of drug-likeness (QED) is 0.912. The molecule has 5 nitrogen and oxygen atoms in total. The molecule has 1 aromatic rings. The summed E-state index contributed by atoms with van der Waals surface area (Å²) in [5.41, 5.74) is 0. The molecular weight excluding hydrogens is 326 g/mol. The minimum Gasteiger partial charge on any atom is -0.481 e. The standard InChI is InChI=1S/C14H18BrNO4/c1-16(8-9-6-7-12(15)20-9)13(17)10-4-2-3-5-11(10)14(18)19/h6-7,10-11H,2-5,8H2,1H3,(H,18,19)/t10-,11+/m1/s1. The highest BCUT2D eigenvalue weighted by Gasteiger charge is 2.37. The summed E-state index contributed by atoms with van der Waals surface area (Å²) in [6, 6.07) is 3.57. The third-order valence-electron chi connectivity index (χ3n) is 3.80. The molecule has 0 spiro atoms. The van der Waals surface area contributed by atoms with Crippen molar-refractivity contribution in [3.63, 3.8) is 0 Å². The predicted molar refractivity (Wildman–Crippen MR) is 76.0 cm³/mol. The SMILES string of the molecule is CN(Cc1ccc(Br)o1)C(=O)[C@@H]1CCCC[C@@H]1C(=O)O. The topological polar surface area (TPSA) is 70.8 Å². The van der Waals surface area contributed by atoms with Crippen molar-refractivity contribution in [1.29, 1.82) is 0 Å². The molecule has 1 heterocycles. The molecule has 110 valence electrons. The molecule has 1 N–H and O–H groups in total. The van der Waals surface area contributed by atoms with Crippen LogP contribution in [0.1, 0.15) is 31.4 Å². The van der Waals surface area contributed by atoms with E-state index in [4.69, 9.17) is 4.42 Å². The summed E-state index contributed by atoms with van der Waals surface area (Å²) >= 11 is 3.22. The summed E-state index contributed by atoms with van der Waals surface area (Å²) in [6.07, 6.45) is 3.05. The van der Waals surface area contributed by atoms with E-state index in [0.29, 0.717) is 29.8 Å². The number of aliphatic carboxylic acids is 1. The summed E-state index contributed by atoms with van der Waals surface area (Å²) < 4.78 is 5.99.